The van der Waals surface area contributed by atoms with Gasteiger partial charge in [0.2, 0.25) is 0 Å². The van der Waals surface area contributed by atoms with E-state index in [1.807, 2.05) is 71.3 Å². The van der Waals surface area contributed by atoms with E-state index in [0.29, 0.717) is 12.2 Å². The van der Waals surface area contributed by atoms with Gasteiger partial charge in [-0.2, -0.15) is 0 Å². The van der Waals surface area contributed by atoms with Crippen molar-refractivity contribution in [2.24, 2.45) is 0 Å². The summed E-state index contributed by atoms with van der Waals surface area (Å²) < 4.78 is 1.99. The second kappa shape index (κ2) is 7.21. The third kappa shape index (κ3) is 3.34. The molecule has 0 radical (unpaired) electrons. The molecule has 0 aliphatic carbocycles. The van der Waals surface area contributed by atoms with E-state index in [2.05, 4.69) is 10.5 Å². The van der Waals surface area contributed by atoms with Crippen LogP contribution in [0.2, 0.25) is 0 Å². The predicted octanol–water partition coefficient (Wildman–Crippen LogP) is 3.89. The third-order valence-electron chi connectivity index (χ3n) is 4.11. The van der Waals surface area contributed by atoms with Gasteiger partial charge in [0.15, 0.2) is 0 Å². The summed E-state index contributed by atoms with van der Waals surface area (Å²) in [6, 6.07) is 24.9. The van der Waals surface area contributed by atoms with Gasteiger partial charge < -0.3 is 0 Å². The number of hydroxylamine groups is 1. The molecule has 0 saturated carbocycles. The number of amides is 1. The molecule has 5 heteroatoms. The van der Waals surface area contributed by atoms with Crippen LogP contribution in [0.1, 0.15) is 15.9 Å². The van der Waals surface area contributed by atoms with Crippen molar-refractivity contribution in [1.82, 2.24) is 15.0 Å². The van der Waals surface area contributed by atoms with Crippen LogP contribution in [0.25, 0.3) is 16.7 Å². The monoisotopic (exact) mass is 343 g/mol. The predicted molar refractivity (Wildman–Crippen MR) is 99.8 cm³/mol. The zero-order valence-electron chi connectivity index (χ0n) is 14.0. The van der Waals surface area contributed by atoms with Crippen LogP contribution < -0.4 is 5.48 Å². The minimum absolute atomic E-state index is 0.275. The molecule has 0 aliphatic rings. The van der Waals surface area contributed by atoms with E-state index in [0.717, 1.165) is 22.3 Å². The van der Waals surface area contributed by atoms with Gasteiger partial charge in [0.1, 0.15) is 6.33 Å². The second-order valence-electron chi connectivity index (χ2n) is 5.86. The maximum Gasteiger partial charge on any atom is 0.274 e. The van der Waals surface area contributed by atoms with Crippen molar-refractivity contribution in [2.75, 3.05) is 0 Å². The summed E-state index contributed by atoms with van der Waals surface area (Å²) in [6.07, 6.45) is 1.78. The highest BCUT2D eigenvalue weighted by molar-refractivity contribution is 5.93. The Morgan fingerprint density at radius 2 is 1.65 bits per heavy atom. The van der Waals surface area contributed by atoms with Crippen molar-refractivity contribution in [1.29, 1.82) is 0 Å². The fourth-order valence-electron chi connectivity index (χ4n) is 2.76. The molecule has 0 atom stereocenters. The Kier molecular flexibility index (Phi) is 4.45. The Labute approximate surface area is 150 Å². The molecule has 128 valence electrons. The lowest BCUT2D eigenvalue weighted by atomic mass is 10.2. The van der Waals surface area contributed by atoms with Gasteiger partial charge in [0.05, 0.1) is 17.6 Å². The van der Waals surface area contributed by atoms with Gasteiger partial charge in [-0.1, -0.05) is 42.5 Å². The number of benzene rings is 3. The molecule has 0 fully saturated rings. The van der Waals surface area contributed by atoms with Crippen molar-refractivity contribution >= 4 is 16.9 Å². The van der Waals surface area contributed by atoms with Crippen LogP contribution in [-0.2, 0) is 11.4 Å². The molecule has 0 saturated heterocycles. The maximum atomic E-state index is 12.2. The van der Waals surface area contributed by atoms with E-state index in [1.54, 1.807) is 18.5 Å². The third-order valence-corrected chi connectivity index (χ3v) is 4.11. The van der Waals surface area contributed by atoms with E-state index in [1.165, 1.54) is 0 Å². The van der Waals surface area contributed by atoms with E-state index in [-0.39, 0.29) is 5.91 Å². The zero-order valence-corrected chi connectivity index (χ0v) is 14.0. The van der Waals surface area contributed by atoms with Crippen LogP contribution >= 0.6 is 0 Å². The number of carbonyl (C=O) groups is 1. The van der Waals surface area contributed by atoms with Gasteiger partial charge >= 0.3 is 0 Å². The van der Waals surface area contributed by atoms with Crippen molar-refractivity contribution in [3.05, 3.63) is 96.3 Å². The number of imidazole rings is 1. The fraction of sp³-hybridized carbons (Fsp3) is 0.0476. The van der Waals surface area contributed by atoms with Gasteiger partial charge in [-0.25, -0.2) is 10.5 Å². The average Bonchev–Trinajstić information content (AvgIpc) is 3.13. The number of hydrogen-bond donors (Lipinski definition) is 1. The van der Waals surface area contributed by atoms with Gasteiger partial charge in [0, 0.05) is 11.3 Å². The largest absolute Gasteiger partial charge is 0.299 e. The molecule has 0 unspecified atom stereocenters. The first-order valence-electron chi connectivity index (χ1n) is 8.30. The Morgan fingerprint density at radius 1 is 0.923 bits per heavy atom. The SMILES string of the molecule is O=C(NOCc1ccccc1)c1ccc(-n2cnc3ccccc32)cc1. The average molecular weight is 343 g/mol. The second-order valence-corrected chi connectivity index (χ2v) is 5.86. The smallest absolute Gasteiger partial charge is 0.274 e. The fourth-order valence-corrected chi connectivity index (χ4v) is 2.76. The summed E-state index contributed by atoms with van der Waals surface area (Å²) in [5.41, 5.74) is 6.91. The van der Waals surface area contributed by atoms with Gasteiger partial charge in [-0.15, -0.1) is 0 Å². The molecular weight excluding hydrogens is 326 g/mol. The first-order valence-corrected chi connectivity index (χ1v) is 8.30. The molecule has 26 heavy (non-hydrogen) atoms. The Morgan fingerprint density at radius 3 is 2.46 bits per heavy atom. The van der Waals surface area contributed by atoms with Crippen LogP contribution in [0.15, 0.2) is 85.2 Å². The van der Waals surface area contributed by atoms with E-state index in [4.69, 9.17) is 4.84 Å². The highest BCUT2D eigenvalue weighted by Gasteiger charge is 2.08. The molecule has 1 N–H and O–H groups in total. The molecule has 4 rings (SSSR count). The number of hydrogen-bond acceptors (Lipinski definition) is 3. The Balaban J connectivity index is 1.43. The normalized spacial score (nSPS) is 10.8. The number of rotatable bonds is 5. The topological polar surface area (TPSA) is 56.1 Å². The zero-order chi connectivity index (χ0) is 17.8. The number of fused-ring (bicyclic) bond motifs is 1. The molecule has 1 amide bonds. The maximum absolute atomic E-state index is 12.2. The first kappa shape index (κ1) is 16.1. The molecular formula is C21H17N3O2. The van der Waals surface area contributed by atoms with Gasteiger partial charge in [-0.3, -0.25) is 14.2 Å². The molecule has 3 aromatic carbocycles. The lowest BCUT2D eigenvalue weighted by Crippen LogP contribution is -2.23. The standard InChI is InChI=1S/C21H17N3O2/c25-21(23-26-14-16-6-2-1-3-7-16)17-10-12-18(13-11-17)24-15-22-19-8-4-5-9-20(19)24/h1-13,15H,14H2,(H,23,25). The molecule has 1 heterocycles. The number of aromatic nitrogens is 2. The van der Waals surface area contributed by atoms with Crippen LogP contribution in [0, 0.1) is 0 Å². The van der Waals surface area contributed by atoms with Gasteiger partial charge in [0.25, 0.3) is 5.91 Å². The highest BCUT2D eigenvalue weighted by Crippen LogP contribution is 2.18. The lowest BCUT2D eigenvalue weighted by Gasteiger charge is -2.08. The van der Waals surface area contributed by atoms with Crippen LogP contribution in [0.3, 0.4) is 0 Å². The van der Waals surface area contributed by atoms with Crippen LogP contribution in [0.5, 0.6) is 0 Å². The van der Waals surface area contributed by atoms with Crippen molar-refractivity contribution in [2.45, 2.75) is 6.61 Å². The summed E-state index contributed by atoms with van der Waals surface area (Å²) in [6.45, 7) is 0.325. The molecule has 4 aromatic rings. The summed E-state index contributed by atoms with van der Waals surface area (Å²) in [4.78, 5) is 21.9. The van der Waals surface area contributed by atoms with Crippen LogP contribution in [0.4, 0.5) is 0 Å². The summed E-state index contributed by atoms with van der Waals surface area (Å²) in [5.74, 6) is -0.275. The van der Waals surface area contributed by atoms with Crippen molar-refractivity contribution < 1.29 is 9.63 Å². The summed E-state index contributed by atoms with van der Waals surface area (Å²) >= 11 is 0. The minimum Gasteiger partial charge on any atom is -0.299 e. The Bertz CT molecular complexity index is 1020. The van der Waals surface area contributed by atoms with Crippen molar-refractivity contribution in [3.63, 3.8) is 0 Å². The summed E-state index contributed by atoms with van der Waals surface area (Å²) in [5, 5.41) is 0. The molecule has 0 bridgehead atoms. The van der Waals surface area contributed by atoms with E-state index < -0.39 is 0 Å². The molecule has 0 aliphatic heterocycles. The Hall–Kier alpha value is -3.44. The van der Waals surface area contributed by atoms with E-state index in [9.17, 15) is 4.79 Å². The van der Waals surface area contributed by atoms with Gasteiger partial charge in [-0.05, 0) is 42.0 Å². The molecule has 0 spiro atoms. The number of carbonyl (C=O) groups excluding carboxylic acids is 1. The number of nitrogens with one attached hydrogen (secondary N) is 1. The van der Waals surface area contributed by atoms with Crippen LogP contribution in [-0.4, -0.2) is 15.5 Å². The lowest BCUT2D eigenvalue weighted by molar-refractivity contribution is 0.0233. The highest BCUT2D eigenvalue weighted by atomic mass is 16.6. The minimum atomic E-state index is -0.275. The first-order chi connectivity index (χ1) is 12.8. The number of para-hydroxylation sites is 2. The molecule has 5 nitrogen and oxygen atoms in total. The molecule has 1 aromatic heterocycles. The summed E-state index contributed by atoms with van der Waals surface area (Å²) in [7, 11) is 0. The van der Waals surface area contributed by atoms with Crippen molar-refractivity contribution in [3.8, 4) is 5.69 Å². The van der Waals surface area contributed by atoms with E-state index >= 15 is 0 Å². The number of nitrogens with zero attached hydrogens (tertiary/aromatic N) is 2. The quantitative estimate of drug-likeness (QED) is 0.559.